The molecule has 1 heterocycles. The lowest BCUT2D eigenvalue weighted by atomic mass is 10.1. The van der Waals surface area contributed by atoms with Crippen molar-refractivity contribution in [3.8, 4) is 0 Å². The Labute approximate surface area is 119 Å². The SMILES string of the molecule is CCC1CN(c2cccc(Cl)c2C(=N)N)CCN1C. The second-order valence-corrected chi connectivity index (χ2v) is 5.44. The van der Waals surface area contributed by atoms with Crippen molar-refractivity contribution in [2.45, 2.75) is 19.4 Å². The summed E-state index contributed by atoms with van der Waals surface area (Å²) in [5, 5.41) is 8.28. The van der Waals surface area contributed by atoms with Gasteiger partial charge in [0.1, 0.15) is 5.84 Å². The van der Waals surface area contributed by atoms with E-state index < -0.39 is 0 Å². The summed E-state index contributed by atoms with van der Waals surface area (Å²) in [6.07, 6.45) is 1.11. The summed E-state index contributed by atoms with van der Waals surface area (Å²) in [5.41, 5.74) is 7.31. The second kappa shape index (κ2) is 5.80. The molecule has 1 aliphatic rings. The minimum atomic E-state index is 0.0348. The van der Waals surface area contributed by atoms with Gasteiger partial charge in [-0.2, -0.15) is 0 Å². The highest BCUT2D eigenvalue weighted by atomic mass is 35.5. The van der Waals surface area contributed by atoms with E-state index in [1.54, 1.807) is 6.07 Å². The molecule has 0 bridgehead atoms. The number of nitrogens with zero attached hydrogens (tertiary/aromatic N) is 2. The molecule has 1 fully saturated rings. The van der Waals surface area contributed by atoms with Gasteiger partial charge in [0.15, 0.2) is 0 Å². The number of hydrogen-bond donors (Lipinski definition) is 2. The van der Waals surface area contributed by atoms with E-state index in [0.717, 1.165) is 31.7 Å². The summed E-state index contributed by atoms with van der Waals surface area (Å²) < 4.78 is 0. The Morgan fingerprint density at radius 2 is 2.21 bits per heavy atom. The zero-order valence-electron chi connectivity index (χ0n) is 11.5. The van der Waals surface area contributed by atoms with Crippen LogP contribution in [0.4, 0.5) is 5.69 Å². The third-order valence-electron chi connectivity index (χ3n) is 3.85. The highest BCUT2D eigenvalue weighted by molar-refractivity contribution is 6.34. The number of hydrogen-bond acceptors (Lipinski definition) is 3. The van der Waals surface area contributed by atoms with Crippen LogP contribution in [0.5, 0.6) is 0 Å². The van der Waals surface area contributed by atoms with E-state index in [9.17, 15) is 0 Å². The number of nitrogen functional groups attached to an aromatic ring is 1. The van der Waals surface area contributed by atoms with E-state index >= 15 is 0 Å². The van der Waals surface area contributed by atoms with Crippen LogP contribution in [0.1, 0.15) is 18.9 Å². The van der Waals surface area contributed by atoms with Crippen LogP contribution in [0.25, 0.3) is 0 Å². The molecule has 1 aliphatic heterocycles. The van der Waals surface area contributed by atoms with E-state index in [1.165, 1.54) is 0 Å². The molecule has 1 aromatic rings. The summed E-state index contributed by atoms with van der Waals surface area (Å²) in [5.74, 6) is 0.0348. The van der Waals surface area contributed by atoms with Crippen molar-refractivity contribution < 1.29 is 0 Å². The minimum absolute atomic E-state index is 0.0348. The number of piperazine rings is 1. The number of nitrogens with two attached hydrogens (primary N) is 1. The second-order valence-electron chi connectivity index (χ2n) is 5.04. The summed E-state index contributed by atoms with van der Waals surface area (Å²) in [6.45, 7) is 5.11. The lowest BCUT2D eigenvalue weighted by Crippen LogP contribution is -2.51. The van der Waals surface area contributed by atoms with Crippen molar-refractivity contribution in [3.63, 3.8) is 0 Å². The Bertz CT molecular complexity index is 475. The number of amidine groups is 1. The quantitative estimate of drug-likeness (QED) is 0.659. The molecule has 104 valence electrons. The number of benzene rings is 1. The van der Waals surface area contributed by atoms with E-state index in [2.05, 4.69) is 23.8 Å². The Morgan fingerprint density at radius 3 is 2.84 bits per heavy atom. The summed E-state index contributed by atoms with van der Waals surface area (Å²) in [4.78, 5) is 4.67. The molecule has 2 rings (SSSR count). The fourth-order valence-corrected chi connectivity index (χ4v) is 2.92. The van der Waals surface area contributed by atoms with E-state index in [0.29, 0.717) is 16.6 Å². The van der Waals surface area contributed by atoms with Gasteiger partial charge >= 0.3 is 0 Å². The van der Waals surface area contributed by atoms with Crippen molar-refractivity contribution in [1.82, 2.24) is 4.90 Å². The first-order valence-electron chi connectivity index (χ1n) is 6.62. The van der Waals surface area contributed by atoms with Gasteiger partial charge in [-0.1, -0.05) is 24.6 Å². The molecule has 1 atom stereocenters. The third-order valence-corrected chi connectivity index (χ3v) is 4.16. The number of likely N-dealkylation sites (N-methyl/N-ethyl adjacent to an activating group) is 1. The Balaban J connectivity index is 2.32. The van der Waals surface area contributed by atoms with Crippen LogP contribution < -0.4 is 10.6 Å². The smallest absolute Gasteiger partial charge is 0.126 e. The van der Waals surface area contributed by atoms with Crippen LogP contribution in [0.15, 0.2) is 18.2 Å². The van der Waals surface area contributed by atoms with E-state index in [4.69, 9.17) is 22.7 Å². The van der Waals surface area contributed by atoms with Gasteiger partial charge in [0, 0.05) is 31.4 Å². The predicted molar refractivity (Wildman–Crippen MR) is 81.4 cm³/mol. The normalized spacial score (nSPS) is 20.6. The fourth-order valence-electron chi connectivity index (χ4n) is 2.65. The molecule has 0 amide bonds. The van der Waals surface area contributed by atoms with Gasteiger partial charge in [-0.25, -0.2) is 0 Å². The predicted octanol–water partition coefficient (Wildman–Crippen LogP) is 2.15. The molecule has 4 nitrogen and oxygen atoms in total. The maximum atomic E-state index is 7.73. The van der Waals surface area contributed by atoms with Crippen LogP contribution in [0, 0.1) is 5.41 Å². The van der Waals surface area contributed by atoms with Gasteiger partial charge in [-0.05, 0) is 25.6 Å². The Hall–Kier alpha value is -1.26. The first kappa shape index (κ1) is 14.2. The molecular formula is C14H21ClN4. The lowest BCUT2D eigenvalue weighted by Gasteiger charge is -2.41. The highest BCUT2D eigenvalue weighted by Gasteiger charge is 2.25. The number of rotatable bonds is 3. The third kappa shape index (κ3) is 2.85. The molecule has 0 saturated carbocycles. The Kier molecular flexibility index (Phi) is 4.32. The summed E-state index contributed by atoms with van der Waals surface area (Å²) >= 11 is 6.18. The van der Waals surface area contributed by atoms with Gasteiger partial charge < -0.3 is 10.6 Å². The maximum Gasteiger partial charge on any atom is 0.126 e. The number of halogens is 1. The standard InChI is InChI=1S/C14H21ClN4/c1-3-10-9-19(8-7-18(10)2)12-6-4-5-11(15)13(12)14(16)17/h4-6,10H,3,7-9H2,1-2H3,(H3,16,17). The van der Waals surface area contributed by atoms with Crippen LogP contribution in [0.2, 0.25) is 5.02 Å². The van der Waals surface area contributed by atoms with Crippen molar-refractivity contribution >= 4 is 23.1 Å². The summed E-state index contributed by atoms with van der Waals surface area (Å²) in [7, 11) is 2.16. The van der Waals surface area contributed by atoms with Crippen molar-refractivity contribution in [2.24, 2.45) is 5.73 Å². The first-order chi connectivity index (χ1) is 9.04. The molecule has 0 aromatic heterocycles. The molecule has 1 unspecified atom stereocenters. The monoisotopic (exact) mass is 280 g/mol. The average Bonchev–Trinajstić information content (AvgIpc) is 2.38. The minimum Gasteiger partial charge on any atom is -0.384 e. The lowest BCUT2D eigenvalue weighted by molar-refractivity contribution is 0.213. The van der Waals surface area contributed by atoms with Gasteiger partial charge in [-0.3, -0.25) is 10.3 Å². The molecule has 5 heteroatoms. The molecule has 1 aromatic carbocycles. The van der Waals surface area contributed by atoms with Gasteiger partial charge in [0.05, 0.1) is 10.6 Å². The van der Waals surface area contributed by atoms with E-state index in [1.807, 2.05) is 12.1 Å². The van der Waals surface area contributed by atoms with Crippen LogP contribution >= 0.6 is 11.6 Å². The average molecular weight is 281 g/mol. The first-order valence-corrected chi connectivity index (χ1v) is 7.00. The number of nitrogens with one attached hydrogen (secondary N) is 1. The zero-order valence-corrected chi connectivity index (χ0v) is 12.2. The zero-order chi connectivity index (χ0) is 14.0. The molecule has 0 radical (unpaired) electrons. The molecule has 1 saturated heterocycles. The Morgan fingerprint density at radius 1 is 1.47 bits per heavy atom. The highest BCUT2D eigenvalue weighted by Crippen LogP contribution is 2.29. The van der Waals surface area contributed by atoms with Gasteiger partial charge in [0.2, 0.25) is 0 Å². The summed E-state index contributed by atoms with van der Waals surface area (Å²) in [6, 6.07) is 6.24. The van der Waals surface area contributed by atoms with Crippen LogP contribution in [-0.2, 0) is 0 Å². The van der Waals surface area contributed by atoms with Crippen LogP contribution in [0.3, 0.4) is 0 Å². The van der Waals surface area contributed by atoms with Crippen molar-refractivity contribution in [3.05, 3.63) is 28.8 Å². The van der Waals surface area contributed by atoms with Gasteiger partial charge in [-0.15, -0.1) is 0 Å². The number of anilines is 1. The van der Waals surface area contributed by atoms with Gasteiger partial charge in [0.25, 0.3) is 0 Å². The fraction of sp³-hybridized carbons (Fsp3) is 0.500. The molecule has 3 N–H and O–H groups in total. The molecular weight excluding hydrogens is 260 g/mol. The molecule has 19 heavy (non-hydrogen) atoms. The van der Waals surface area contributed by atoms with Crippen molar-refractivity contribution in [2.75, 3.05) is 31.6 Å². The van der Waals surface area contributed by atoms with Crippen molar-refractivity contribution in [1.29, 1.82) is 5.41 Å². The largest absolute Gasteiger partial charge is 0.384 e. The maximum absolute atomic E-state index is 7.73. The topological polar surface area (TPSA) is 56.4 Å². The van der Waals surface area contributed by atoms with Crippen LogP contribution in [-0.4, -0.2) is 43.5 Å². The molecule has 0 aliphatic carbocycles. The molecule has 0 spiro atoms. The van der Waals surface area contributed by atoms with E-state index in [-0.39, 0.29) is 5.84 Å².